The number of carboxylic acids is 1. The minimum Gasteiger partial charge on any atom is -0.479 e. The Morgan fingerprint density at radius 2 is 2.10 bits per heavy atom. The largest absolute Gasteiger partial charge is 0.479 e. The Balaban J connectivity index is 2.49. The van der Waals surface area contributed by atoms with Gasteiger partial charge in [0.15, 0.2) is 0 Å². The van der Waals surface area contributed by atoms with Gasteiger partial charge in [0.05, 0.1) is 18.4 Å². The zero-order chi connectivity index (χ0) is 7.78. The first-order valence-corrected chi connectivity index (χ1v) is 2.62. The van der Waals surface area contributed by atoms with Crippen LogP contribution in [0.2, 0.25) is 0 Å². The molecule has 1 heterocycles. The van der Waals surface area contributed by atoms with E-state index in [1.807, 2.05) is 0 Å². The summed E-state index contributed by atoms with van der Waals surface area (Å²) in [5, 5.41) is 20.6. The molecule has 6 heteroatoms. The number of carboxylic acid groups (broad SMARTS) is 1. The maximum atomic E-state index is 10.1. The molecule has 0 atom stereocenters. The fourth-order valence-electron chi connectivity index (χ4n) is 0.751. The molecule has 1 rings (SSSR count). The molecule has 6 nitrogen and oxygen atoms in total. The molecule has 0 aromatic heterocycles. The van der Waals surface area contributed by atoms with E-state index in [1.165, 1.54) is 0 Å². The number of rotatable bonds is 2. The van der Waals surface area contributed by atoms with Crippen LogP contribution in [0.1, 0.15) is 0 Å². The number of nitroso groups, excluding NO2 is 1. The highest BCUT2D eigenvalue weighted by Gasteiger charge is 2.48. The van der Waals surface area contributed by atoms with Crippen LogP contribution in [-0.4, -0.2) is 39.9 Å². The van der Waals surface area contributed by atoms with E-state index < -0.39 is 11.6 Å². The first kappa shape index (κ1) is 6.94. The smallest absolute Gasteiger partial charge is 0.339 e. The molecule has 0 spiro atoms. The molecule has 0 amide bonds. The molecular formula is C4H6N2O4. The lowest BCUT2D eigenvalue weighted by Crippen LogP contribution is -2.63. The molecule has 0 aliphatic carbocycles. The molecule has 1 aliphatic rings. The molecule has 1 aliphatic heterocycles. The van der Waals surface area contributed by atoms with Gasteiger partial charge in [-0.1, -0.05) is 0 Å². The first-order valence-electron chi connectivity index (χ1n) is 2.62. The van der Waals surface area contributed by atoms with E-state index in [1.54, 1.807) is 0 Å². The number of aliphatic carboxylic acids is 1. The molecule has 0 saturated carbocycles. The van der Waals surface area contributed by atoms with Crippen LogP contribution in [0.25, 0.3) is 0 Å². The van der Waals surface area contributed by atoms with Gasteiger partial charge in [0.2, 0.25) is 5.60 Å². The van der Waals surface area contributed by atoms with Gasteiger partial charge in [-0.05, 0) is 0 Å². The predicted molar refractivity (Wildman–Crippen MR) is 30.0 cm³/mol. The fourth-order valence-corrected chi connectivity index (χ4v) is 0.751. The normalized spacial score (nSPS) is 21.5. The van der Waals surface area contributed by atoms with Crippen molar-refractivity contribution in [3.63, 3.8) is 0 Å². The highest BCUT2D eigenvalue weighted by atomic mass is 16.4. The van der Waals surface area contributed by atoms with E-state index in [2.05, 4.69) is 5.29 Å². The van der Waals surface area contributed by atoms with Gasteiger partial charge in [-0.25, -0.2) is 4.79 Å². The number of β-amino-alcohol motifs (C(OH)–C–C–N with tert-alkyl or cyclic N) is 1. The summed E-state index contributed by atoms with van der Waals surface area (Å²) >= 11 is 0. The Morgan fingerprint density at radius 3 is 2.40 bits per heavy atom. The van der Waals surface area contributed by atoms with Crippen LogP contribution in [0, 0.1) is 4.91 Å². The van der Waals surface area contributed by atoms with Gasteiger partial charge >= 0.3 is 5.97 Å². The number of nitrogens with zero attached hydrogens (tertiary/aromatic N) is 2. The lowest BCUT2D eigenvalue weighted by atomic mass is 9.97. The van der Waals surface area contributed by atoms with E-state index >= 15 is 0 Å². The van der Waals surface area contributed by atoms with Crippen LogP contribution in [0.3, 0.4) is 0 Å². The Morgan fingerprint density at radius 1 is 1.60 bits per heavy atom. The van der Waals surface area contributed by atoms with Crippen LogP contribution in [0.15, 0.2) is 5.29 Å². The van der Waals surface area contributed by atoms with Gasteiger partial charge in [-0.2, -0.15) is 0 Å². The minimum atomic E-state index is -1.76. The number of hydrogen-bond acceptors (Lipinski definition) is 4. The molecule has 0 aromatic rings. The van der Waals surface area contributed by atoms with Gasteiger partial charge in [0, 0.05) is 0 Å². The van der Waals surface area contributed by atoms with Gasteiger partial charge in [0.25, 0.3) is 0 Å². The average Bonchev–Trinajstić information content (AvgIpc) is 1.80. The second-order valence-electron chi connectivity index (χ2n) is 2.24. The third-order valence-corrected chi connectivity index (χ3v) is 1.40. The van der Waals surface area contributed by atoms with Crippen LogP contribution in [0.5, 0.6) is 0 Å². The Hall–Kier alpha value is -1.17. The van der Waals surface area contributed by atoms with Crippen LogP contribution < -0.4 is 0 Å². The standard InChI is InChI=1S/C4H6N2O4/c7-3(8)4(9)1-6(2-4)5-10/h9H,1-2H2,(H,7,8). The summed E-state index contributed by atoms with van der Waals surface area (Å²) in [5.74, 6) is -1.31. The lowest BCUT2D eigenvalue weighted by molar-refractivity contribution is -0.177. The highest BCUT2D eigenvalue weighted by molar-refractivity contribution is 5.79. The second-order valence-corrected chi connectivity index (χ2v) is 2.24. The number of hydrogen-bond donors (Lipinski definition) is 2. The zero-order valence-electron chi connectivity index (χ0n) is 5.02. The van der Waals surface area contributed by atoms with Crippen LogP contribution in [-0.2, 0) is 4.79 Å². The topological polar surface area (TPSA) is 90.2 Å². The quantitative estimate of drug-likeness (QED) is 0.477. The maximum absolute atomic E-state index is 10.1. The third-order valence-electron chi connectivity index (χ3n) is 1.40. The van der Waals surface area contributed by atoms with E-state index in [0.29, 0.717) is 0 Å². The summed E-state index contributed by atoms with van der Waals surface area (Å²) in [7, 11) is 0. The van der Waals surface area contributed by atoms with E-state index in [0.717, 1.165) is 5.01 Å². The molecule has 1 fully saturated rings. The Kier molecular flexibility index (Phi) is 1.33. The van der Waals surface area contributed by atoms with Crippen molar-refractivity contribution in [2.24, 2.45) is 5.29 Å². The van der Waals surface area contributed by atoms with Crippen molar-refractivity contribution >= 4 is 5.97 Å². The van der Waals surface area contributed by atoms with Crippen LogP contribution in [0.4, 0.5) is 0 Å². The predicted octanol–water partition coefficient (Wildman–Crippen LogP) is -1.20. The molecule has 0 bridgehead atoms. The van der Waals surface area contributed by atoms with E-state index in [9.17, 15) is 9.70 Å². The monoisotopic (exact) mass is 146 g/mol. The average molecular weight is 146 g/mol. The summed E-state index contributed by atoms with van der Waals surface area (Å²) in [6.07, 6.45) is 0. The highest BCUT2D eigenvalue weighted by Crippen LogP contribution is 2.20. The van der Waals surface area contributed by atoms with E-state index in [4.69, 9.17) is 10.2 Å². The SMILES string of the molecule is O=NN1CC(O)(C(=O)O)C1. The zero-order valence-corrected chi connectivity index (χ0v) is 5.02. The van der Waals surface area contributed by atoms with Crippen molar-refractivity contribution in [1.29, 1.82) is 0 Å². The van der Waals surface area contributed by atoms with Crippen molar-refractivity contribution in [2.45, 2.75) is 5.60 Å². The van der Waals surface area contributed by atoms with Crippen molar-refractivity contribution < 1.29 is 15.0 Å². The van der Waals surface area contributed by atoms with Crippen LogP contribution >= 0.6 is 0 Å². The maximum Gasteiger partial charge on any atom is 0.339 e. The molecule has 56 valence electrons. The molecular weight excluding hydrogens is 140 g/mol. The number of carbonyl (C=O) groups is 1. The second kappa shape index (κ2) is 1.91. The molecule has 0 radical (unpaired) electrons. The fraction of sp³-hybridized carbons (Fsp3) is 0.750. The molecule has 0 aromatic carbocycles. The Bertz CT molecular complexity index is 174. The lowest BCUT2D eigenvalue weighted by Gasteiger charge is -2.38. The summed E-state index contributed by atoms with van der Waals surface area (Å²) < 4.78 is 0. The molecule has 10 heavy (non-hydrogen) atoms. The van der Waals surface area contributed by atoms with Gasteiger partial charge in [-0.3, -0.25) is 5.01 Å². The summed E-state index contributed by atoms with van der Waals surface area (Å²) in [4.78, 5) is 19.8. The summed E-state index contributed by atoms with van der Waals surface area (Å²) in [5.41, 5.74) is -1.76. The first-order chi connectivity index (χ1) is 4.58. The summed E-state index contributed by atoms with van der Waals surface area (Å²) in [6, 6.07) is 0. The number of aliphatic hydroxyl groups is 1. The van der Waals surface area contributed by atoms with Crippen molar-refractivity contribution in [1.82, 2.24) is 5.01 Å². The molecule has 1 saturated heterocycles. The van der Waals surface area contributed by atoms with Gasteiger partial charge in [-0.15, -0.1) is 4.91 Å². The third kappa shape index (κ3) is 0.820. The molecule has 2 N–H and O–H groups in total. The van der Waals surface area contributed by atoms with Gasteiger partial charge in [0.1, 0.15) is 0 Å². The van der Waals surface area contributed by atoms with Crippen molar-refractivity contribution in [3.8, 4) is 0 Å². The Labute approximate surface area is 56.0 Å². The van der Waals surface area contributed by atoms with Crippen molar-refractivity contribution in [2.75, 3.05) is 13.1 Å². The van der Waals surface area contributed by atoms with Crippen molar-refractivity contribution in [3.05, 3.63) is 4.91 Å². The van der Waals surface area contributed by atoms with Gasteiger partial charge < -0.3 is 10.2 Å². The van der Waals surface area contributed by atoms with E-state index in [-0.39, 0.29) is 13.1 Å². The summed E-state index contributed by atoms with van der Waals surface area (Å²) in [6.45, 7) is -0.433. The minimum absolute atomic E-state index is 0.216. The molecule has 0 unspecified atom stereocenters.